The summed E-state index contributed by atoms with van der Waals surface area (Å²) in [5.74, 6) is -0.0740. The number of aromatic nitrogens is 3. The number of carbonyl (C=O) groups excluding carboxylic acids is 1. The van der Waals surface area contributed by atoms with Crippen LogP contribution in [-0.4, -0.2) is 49.4 Å². The number of nitrogens with zero attached hydrogens (tertiary/aromatic N) is 4. The molecule has 0 spiro atoms. The molecule has 0 saturated heterocycles. The minimum absolute atomic E-state index is 0.0740. The molecule has 0 aliphatic heterocycles. The van der Waals surface area contributed by atoms with Crippen molar-refractivity contribution in [2.24, 2.45) is 0 Å². The number of likely N-dealkylation sites (N-methyl/N-ethyl adjacent to an activating group) is 1. The van der Waals surface area contributed by atoms with Crippen molar-refractivity contribution in [3.63, 3.8) is 0 Å². The van der Waals surface area contributed by atoms with E-state index < -0.39 is 5.60 Å². The van der Waals surface area contributed by atoms with Crippen LogP contribution in [0.4, 0.5) is 0 Å². The summed E-state index contributed by atoms with van der Waals surface area (Å²) in [5.41, 5.74) is -0.881. The fraction of sp³-hybridized carbons (Fsp3) is 0.700. The van der Waals surface area contributed by atoms with Crippen molar-refractivity contribution in [1.29, 1.82) is 0 Å². The molecule has 0 aromatic carbocycles. The van der Waals surface area contributed by atoms with Crippen molar-refractivity contribution >= 4 is 5.91 Å². The average Bonchev–Trinajstić information content (AvgIpc) is 2.65. The minimum atomic E-state index is -0.881. The van der Waals surface area contributed by atoms with Gasteiger partial charge in [0, 0.05) is 13.1 Å². The third-order valence-electron chi connectivity index (χ3n) is 2.08. The number of aliphatic hydroxyl groups is 1. The van der Waals surface area contributed by atoms with Crippen LogP contribution in [0, 0.1) is 0 Å². The summed E-state index contributed by atoms with van der Waals surface area (Å²) >= 11 is 0. The zero-order valence-corrected chi connectivity index (χ0v) is 9.92. The average molecular weight is 226 g/mol. The molecule has 6 nitrogen and oxygen atoms in total. The van der Waals surface area contributed by atoms with Crippen molar-refractivity contribution < 1.29 is 9.90 Å². The van der Waals surface area contributed by atoms with Crippen LogP contribution < -0.4 is 0 Å². The molecule has 1 aromatic rings. The molecule has 1 amide bonds. The summed E-state index contributed by atoms with van der Waals surface area (Å²) in [7, 11) is 0. The Labute approximate surface area is 94.9 Å². The van der Waals surface area contributed by atoms with Gasteiger partial charge in [0.05, 0.1) is 5.60 Å². The van der Waals surface area contributed by atoms with E-state index >= 15 is 0 Å². The van der Waals surface area contributed by atoms with Crippen molar-refractivity contribution in [1.82, 2.24) is 19.7 Å². The lowest BCUT2D eigenvalue weighted by Gasteiger charge is -2.28. The second-order valence-corrected chi connectivity index (χ2v) is 4.31. The SMILES string of the molecule is CCN(CC(C)(C)O)C(=O)Cn1cncn1. The third-order valence-corrected chi connectivity index (χ3v) is 2.08. The number of carbonyl (C=O) groups is 1. The third kappa shape index (κ3) is 3.98. The monoisotopic (exact) mass is 226 g/mol. The Bertz CT molecular complexity index is 329. The van der Waals surface area contributed by atoms with Crippen LogP contribution in [0.25, 0.3) is 0 Å². The normalized spacial score (nSPS) is 11.5. The first-order valence-corrected chi connectivity index (χ1v) is 5.25. The lowest BCUT2D eigenvalue weighted by Crippen LogP contribution is -2.43. The zero-order chi connectivity index (χ0) is 12.2. The lowest BCUT2D eigenvalue weighted by atomic mass is 10.1. The zero-order valence-electron chi connectivity index (χ0n) is 9.92. The topological polar surface area (TPSA) is 71.2 Å². The van der Waals surface area contributed by atoms with E-state index in [0.29, 0.717) is 13.1 Å². The van der Waals surface area contributed by atoms with Gasteiger partial charge in [0.25, 0.3) is 0 Å². The van der Waals surface area contributed by atoms with Crippen molar-refractivity contribution in [2.75, 3.05) is 13.1 Å². The number of amides is 1. The maximum atomic E-state index is 11.8. The molecule has 0 fully saturated rings. The molecule has 6 heteroatoms. The standard InChI is InChI=1S/C10H18N4O2/c1-4-13(6-10(2,3)16)9(15)5-14-8-11-7-12-14/h7-8,16H,4-6H2,1-3H3. The molecule has 0 unspecified atom stereocenters. The van der Waals surface area contributed by atoms with Crippen LogP contribution in [-0.2, 0) is 11.3 Å². The van der Waals surface area contributed by atoms with E-state index in [1.165, 1.54) is 17.3 Å². The number of hydrogen-bond donors (Lipinski definition) is 1. The first kappa shape index (κ1) is 12.6. The van der Waals surface area contributed by atoms with Gasteiger partial charge in [-0.1, -0.05) is 0 Å². The van der Waals surface area contributed by atoms with E-state index in [2.05, 4.69) is 10.1 Å². The molecular formula is C10H18N4O2. The van der Waals surface area contributed by atoms with Gasteiger partial charge in [0.15, 0.2) is 0 Å². The van der Waals surface area contributed by atoms with E-state index in [1.54, 1.807) is 18.7 Å². The van der Waals surface area contributed by atoms with Crippen molar-refractivity contribution in [3.05, 3.63) is 12.7 Å². The molecule has 0 aliphatic rings. The van der Waals surface area contributed by atoms with Crippen LogP contribution in [0.1, 0.15) is 20.8 Å². The van der Waals surface area contributed by atoms with Gasteiger partial charge < -0.3 is 10.0 Å². The highest BCUT2D eigenvalue weighted by Gasteiger charge is 2.21. The Balaban J connectivity index is 2.56. The van der Waals surface area contributed by atoms with Crippen LogP contribution in [0.15, 0.2) is 12.7 Å². The van der Waals surface area contributed by atoms with Crippen LogP contribution in [0.2, 0.25) is 0 Å². The molecule has 1 N–H and O–H groups in total. The van der Waals surface area contributed by atoms with E-state index in [-0.39, 0.29) is 12.5 Å². The van der Waals surface area contributed by atoms with E-state index in [4.69, 9.17) is 0 Å². The van der Waals surface area contributed by atoms with Crippen molar-refractivity contribution in [2.45, 2.75) is 32.9 Å². The summed E-state index contributed by atoms with van der Waals surface area (Å²) in [6.07, 6.45) is 2.88. The Kier molecular flexibility index (Phi) is 4.00. The van der Waals surface area contributed by atoms with Crippen LogP contribution in [0.5, 0.6) is 0 Å². The maximum absolute atomic E-state index is 11.8. The van der Waals surface area contributed by atoms with E-state index in [9.17, 15) is 9.90 Å². The Morgan fingerprint density at radius 1 is 1.56 bits per heavy atom. The molecule has 16 heavy (non-hydrogen) atoms. The Morgan fingerprint density at radius 3 is 2.69 bits per heavy atom. The van der Waals surface area contributed by atoms with Gasteiger partial charge in [-0.2, -0.15) is 5.10 Å². The smallest absolute Gasteiger partial charge is 0.244 e. The molecule has 0 bridgehead atoms. The minimum Gasteiger partial charge on any atom is -0.389 e. The predicted molar refractivity (Wildman–Crippen MR) is 58.6 cm³/mol. The second-order valence-electron chi connectivity index (χ2n) is 4.31. The molecule has 1 rings (SSSR count). The molecule has 1 heterocycles. The first-order chi connectivity index (χ1) is 7.42. The summed E-state index contributed by atoms with van der Waals surface area (Å²) < 4.78 is 1.47. The highest BCUT2D eigenvalue weighted by Crippen LogP contribution is 2.05. The van der Waals surface area contributed by atoms with Crippen LogP contribution in [0.3, 0.4) is 0 Å². The molecule has 0 saturated carbocycles. The van der Waals surface area contributed by atoms with E-state index in [0.717, 1.165) is 0 Å². The number of hydrogen-bond acceptors (Lipinski definition) is 4. The highest BCUT2D eigenvalue weighted by atomic mass is 16.3. The summed E-state index contributed by atoms with van der Waals surface area (Å²) in [4.78, 5) is 17.2. The first-order valence-electron chi connectivity index (χ1n) is 5.25. The fourth-order valence-electron chi connectivity index (χ4n) is 1.40. The molecule has 0 radical (unpaired) electrons. The summed E-state index contributed by atoms with van der Waals surface area (Å²) in [6, 6.07) is 0. The maximum Gasteiger partial charge on any atom is 0.244 e. The molecule has 0 atom stereocenters. The van der Waals surface area contributed by atoms with Crippen LogP contribution >= 0.6 is 0 Å². The molecular weight excluding hydrogens is 208 g/mol. The molecule has 0 aliphatic carbocycles. The fourth-order valence-corrected chi connectivity index (χ4v) is 1.40. The van der Waals surface area contributed by atoms with Gasteiger partial charge in [-0.25, -0.2) is 9.67 Å². The second kappa shape index (κ2) is 5.07. The highest BCUT2D eigenvalue weighted by molar-refractivity contribution is 5.75. The van der Waals surface area contributed by atoms with E-state index in [1.807, 2.05) is 6.92 Å². The van der Waals surface area contributed by atoms with Gasteiger partial charge >= 0.3 is 0 Å². The van der Waals surface area contributed by atoms with Crippen molar-refractivity contribution in [3.8, 4) is 0 Å². The lowest BCUT2D eigenvalue weighted by molar-refractivity contribution is -0.134. The van der Waals surface area contributed by atoms with Gasteiger partial charge in [0.2, 0.25) is 5.91 Å². The van der Waals surface area contributed by atoms with Gasteiger partial charge in [-0.15, -0.1) is 0 Å². The Hall–Kier alpha value is -1.43. The van der Waals surface area contributed by atoms with Gasteiger partial charge in [-0.05, 0) is 20.8 Å². The predicted octanol–water partition coefficient (Wildman–Crippen LogP) is -0.103. The largest absolute Gasteiger partial charge is 0.389 e. The summed E-state index contributed by atoms with van der Waals surface area (Å²) in [5, 5.41) is 13.5. The number of rotatable bonds is 5. The quantitative estimate of drug-likeness (QED) is 0.761. The van der Waals surface area contributed by atoms with Gasteiger partial charge in [-0.3, -0.25) is 4.79 Å². The van der Waals surface area contributed by atoms with Gasteiger partial charge in [0.1, 0.15) is 19.2 Å². The molecule has 90 valence electrons. The Morgan fingerprint density at radius 2 is 2.25 bits per heavy atom. The molecule has 1 aromatic heterocycles. The summed E-state index contributed by atoms with van der Waals surface area (Å²) in [6.45, 7) is 6.28.